The molecule has 2 N–H and O–H groups in total. The average Bonchev–Trinajstić information content (AvgIpc) is 2.54. The molecule has 1 aliphatic rings. The van der Waals surface area contributed by atoms with Gasteiger partial charge in [-0.25, -0.2) is 4.79 Å². The third kappa shape index (κ3) is 5.11. The van der Waals surface area contributed by atoms with Gasteiger partial charge in [0.2, 0.25) is 5.91 Å². The number of carboxylic acid groups (broad SMARTS) is 1. The largest absolute Gasteiger partial charge is 0.495 e. The first kappa shape index (κ1) is 19.1. The maximum absolute atomic E-state index is 12.7. The molecule has 0 atom stereocenters. The van der Waals surface area contributed by atoms with Crippen LogP contribution in [0, 0.1) is 11.8 Å². The summed E-state index contributed by atoms with van der Waals surface area (Å²) in [6, 6.07) is 4.07. The monoisotopic (exact) mass is 359 g/mol. The van der Waals surface area contributed by atoms with Crippen molar-refractivity contribution >= 4 is 17.6 Å². The van der Waals surface area contributed by atoms with Crippen molar-refractivity contribution in [3.63, 3.8) is 0 Å². The lowest BCUT2D eigenvalue weighted by Gasteiger charge is -2.29. The zero-order valence-electron chi connectivity index (χ0n) is 13.7. The predicted octanol–water partition coefficient (Wildman–Crippen LogP) is 4.09. The number of amides is 1. The number of carboxylic acids is 1. The molecule has 2 rings (SSSR count). The van der Waals surface area contributed by atoms with Crippen LogP contribution in [0.25, 0.3) is 0 Å². The molecular weight excluding hydrogens is 339 g/mol. The number of rotatable bonds is 5. The second kappa shape index (κ2) is 7.76. The van der Waals surface area contributed by atoms with E-state index in [1.165, 1.54) is 25.3 Å². The third-order valence-electron chi connectivity index (χ3n) is 4.51. The summed E-state index contributed by atoms with van der Waals surface area (Å²) in [4.78, 5) is 23.1. The molecule has 1 amide bonds. The van der Waals surface area contributed by atoms with Crippen LogP contribution in [-0.4, -0.2) is 30.3 Å². The fourth-order valence-corrected chi connectivity index (χ4v) is 3.08. The molecule has 0 saturated heterocycles. The molecule has 0 unspecified atom stereocenters. The number of benzene rings is 1. The van der Waals surface area contributed by atoms with E-state index < -0.39 is 18.1 Å². The smallest absolute Gasteiger partial charge is 0.391 e. The molecule has 25 heavy (non-hydrogen) atoms. The average molecular weight is 359 g/mol. The van der Waals surface area contributed by atoms with Crippen molar-refractivity contribution in [2.24, 2.45) is 11.8 Å². The highest BCUT2D eigenvalue weighted by Crippen LogP contribution is 2.40. The Kier molecular flexibility index (Phi) is 5.92. The number of carbonyl (C=O) groups is 2. The Balaban J connectivity index is 1.92. The van der Waals surface area contributed by atoms with Crippen LogP contribution in [0.2, 0.25) is 0 Å². The number of carbonyl (C=O) groups excluding carboxylic acids is 1. The predicted molar refractivity (Wildman–Crippen MR) is 84.7 cm³/mol. The Morgan fingerprint density at radius 3 is 2.40 bits per heavy atom. The summed E-state index contributed by atoms with van der Waals surface area (Å²) in [6.07, 6.45) is -3.18. The lowest BCUT2D eigenvalue weighted by Crippen LogP contribution is -2.29. The van der Waals surface area contributed by atoms with E-state index in [-0.39, 0.29) is 42.4 Å². The Morgan fingerprint density at radius 2 is 1.88 bits per heavy atom. The molecule has 8 heteroatoms. The second-order valence-corrected chi connectivity index (χ2v) is 6.23. The van der Waals surface area contributed by atoms with Gasteiger partial charge in [0.15, 0.2) is 0 Å². The van der Waals surface area contributed by atoms with Gasteiger partial charge in [-0.1, -0.05) is 0 Å². The van der Waals surface area contributed by atoms with E-state index in [1.807, 2.05) is 0 Å². The highest BCUT2D eigenvalue weighted by atomic mass is 19.4. The van der Waals surface area contributed by atoms with Crippen LogP contribution in [0.1, 0.15) is 42.5 Å². The van der Waals surface area contributed by atoms with Gasteiger partial charge in [0.1, 0.15) is 5.75 Å². The Hall–Kier alpha value is -2.25. The van der Waals surface area contributed by atoms with Crippen molar-refractivity contribution < 1.29 is 32.6 Å². The number of hydrogen-bond acceptors (Lipinski definition) is 3. The summed E-state index contributed by atoms with van der Waals surface area (Å²) < 4.78 is 43.0. The molecule has 0 spiro atoms. The molecule has 1 saturated carbocycles. The number of aromatic carboxylic acids is 1. The van der Waals surface area contributed by atoms with E-state index in [0.29, 0.717) is 18.5 Å². The van der Waals surface area contributed by atoms with Gasteiger partial charge in [-0.05, 0) is 49.8 Å². The first-order chi connectivity index (χ1) is 11.7. The number of anilines is 1. The van der Waals surface area contributed by atoms with Gasteiger partial charge in [0.05, 0.1) is 24.3 Å². The summed E-state index contributed by atoms with van der Waals surface area (Å²) in [7, 11) is 1.36. The van der Waals surface area contributed by atoms with E-state index in [2.05, 4.69) is 5.32 Å². The van der Waals surface area contributed by atoms with Crippen LogP contribution in [-0.2, 0) is 4.79 Å². The van der Waals surface area contributed by atoms with Crippen molar-refractivity contribution in [3.05, 3.63) is 23.8 Å². The molecule has 138 valence electrons. The molecule has 0 aromatic heterocycles. The number of alkyl halides is 3. The van der Waals surface area contributed by atoms with Gasteiger partial charge in [0, 0.05) is 6.42 Å². The Morgan fingerprint density at radius 1 is 1.24 bits per heavy atom. The topological polar surface area (TPSA) is 75.6 Å². The van der Waals surface area contributed by atoms with Gasteiger partial charge >= 0.3 is 12.1 Å². The molecule has 0 heterocycles. The van der Waals surface area contributed by atoms with Crippen LogP contribution in [0.5, 0.6) is 5.75 Å². The maximum atomic E-state index is 12.7. The molecule has 1 aliphatic carbocycles. The molecule has 1 aromatic rings. The molecular formula is C17H20F3NO4. The van der Waals surface area contributed by atoms with E-state index in [0.717, 1.165) is 0 Å². The highest BCUT2D eigenvalue weighted by Gasteiger charge is 2.41. The van der Waals surface area contributed by atoms with Crippen molar-refractivity contribution in [3.8, 4) is 5.75 Å². The van der Waals surface area contributed by atoms with Crippen molar-refractivity contribution in [2.45, 2.75) is 38.3 Å². The first-order valence-electron chi connectivity index (χ1n) is 7.98. The minimum atomic E-state index is -4.16. The van der Waals surface area contributed by atoms with Crippen LogP contribution >= 0.6 is 0 Å². The molecule has 0 radical (unpaired) electrons. The van der Waals surface area contributed by atoms with Gasteiger partial charge in [-0.2, -0.15) is 13.2 Å². The Bertz CT molecular complexity index is 637. The van der Waals surface area contributed by atoms with E-state index >= 15 is 0 Å². The summed E-state index contributed by atoms with van der Waals surface area (Å²) in [5.41, 5.74) is 0.363. The van der Waals surface area contributed by atoms with Crippen molar-refractivity contribution in [1.29, 1.82) is 0 Å². The summed E-state index contributed by atoms with van der Waals surface area (Å²) in [5.74, 6) is -2.57. The fraction of sp³-hybridized carbons (Fsp3) is 0.529. The first-order valence-corrected chi connectivity index (χ1v) is 7.98. The summed E-state index contributed by atoms with van der Waals surface area (Å²) >= 11 is 0. The standard InChI is InChI=1S/C17H20F3NO4/c1-25-14-9-11(16(23)24)4-7-13(14)21-15(22)8-10-2-5-12(6-3-10)17(18,19)20/h4,7,9-10,12H,2-3,5-6,8H2,1H3,(H,21,22)(H,23,24). The number of hydrogen-bond donors (Lipinski definition) is 2. The lowest BCUT2D eigenvalue weighted by atomic mass is 9.80. The maximum Gasteiger partial charge on any atom is 0.391 e. The third-order valence-corrected chi connectivity index (χ3v) is 4.51. The number of halogens is 3. The fourth-order valence-electron chi connectivity index (χ4n) is 3.08. The normalized spacial score (nSPS) is 20.8. The molecule has 1 aromatic carbocycles. The SMILES string of the molecule is COc1cc(C(=O)O)ccc1NC(=O)CC1CCC(C(F)(F)F)CC1. The lowest BCUT2D eigenvalue weighted by molar-refractivity contribution is -0.183. The van der Waals surface area contributed by atoms with Crippen LogP contribution in [0.3, 0.4) is 0 Å². The van der Waals surface area contributed by atoms with Crippen molar-refractivity contribution in [2.75, 3.05) is 12.4 Å². The van der Waals surface area contributed by atoms with Crippen LogP contribution in [0.4, 0.5) is 18.9 Å². The summed E-state index contributed by atoms with van der Waals surface area (Å²) in [5, 5.41) is 11.6. The van der Waals surface area contributed by atoms with Gasteiger partial charge < -0.3 is 15.2 Å². The minimum absolute atomic E-state index is 0.0281. The minimum Gasteiger partial charge on any atom is -0.495 e. The van der Waals surface area contributed by atoms with Gasteiger partial charge in [0.25, 0.3) is 0 Å². The molecule has 5 nitrogen and oxygen atoms in total. The van der Waals surface area contributed by atoms with Gasteiger partial charge in [-0.15, -0.1) is 0 Å². The van der Waals surface area contributed by atoms with Crippen LogP contribution in [0.15, 0.2) is 18.2 Å². The summed E-state index contributed by atoms with van der Waals surface area (Å²) in [6.45, 7) is 0. The van der Waals surface area contributed by atoms with Gasteiger partial charge in [-0.3, -0.25) is 4.79 Å². The Labute approximate surface area is 143 Å². The van der Waals surface area contributed by atoms with Crippen LogP contribution < -0.4 is 10.1 Å². The molecule has 0 aliphatic heterocycles. The second-order valence-electron chi connectivity index (χ2n) is 6.23. The zero-order valence-corrected chi connectivity index (χ0v) is 13.7. The number of nitrogens with one attached hydrogen (secondary N) is 1. The highest BCUT2D eigenvalue weighted by molar-refractivity contribution is 5.94. The van der Waals surface area contributed by atoms with E-state index in [4.69, 9.17) is 9.84 Å². The zero-order chi connectivity index (χ0) is 18.6. The molecule has 0 bridgehead atoms. The van der Waals surface area contributed by atoms with E-state index in [1.54, 1.807) is 0 Å². The van der Waals surface area contributed by atoms with E-state index in [9.17, 15) is 22.8 Å². The number of ether oxygens (including phenoxy) is 1. The molecule has 1 fully saturated rings. The number of methoxy groups -OCH3 is 1. The van der Waals surface area contributed by atoms with Crippen molar-refractivity contribution in [1.82, 2.24) is 0 Å². The quantitative estimate of drug-likeness (QED) is 0.830.